The molecule has 0 spiro atoms. The average molecular weight is 323 g/mol. The Morgan fingerprint density at radius 2 is 2.09 bits per heavy atom. The third kappa shape index (κ3) is 2.56. The number of ether oxygens (including phenoxy) is 3. The van der Waals surface area contributed by atoms with Gasteiger partial charge in [0.25, 0.3) is 0 Å². The van der Waals surface area contributed by atoms with Crippen LogP contribution in [0.15, 0.2) is 17.1 Å². The van der Waals surface area contributed by atoms with Crippen LogP contribution >= 0.6 is 0 Å². The zero-order chi connectivity index (χ0) is 16.8. The van der Waals surface area contributed by atoms with Gasteiger partial charge in [-0.3, -0.25) is 4.57 Å². The fraction of sp³-hybridized carbons (Fsp3) is 0.750. The van der Waals surface area contributed by atoms with E-state index >= 15 is 0 Å². The molecule has 3 heterocycles. The molecule has 0 amide bonds. The number of fused-ring (bicyclic) bond motifs is 1. The van der Waals surface area contributed by atoms with Crippen molar-refractivity contribution in [3.8, 4) is 0 Å². The second-order valence-corrected chi connectivity index (χ2v) is 6.54. The van der Waals surface area contributed by atoms with E-state index in [2.05, 4.69) is 18.8 Å². The van der Waals surface area contributed by atoms with Crippen molar-refractivity contribution in [2.24, 2.45) is 5.92 Å². The molecule has 2 N–H and O–H groups in total. The normalized spacial score (nSPS) is 36.6. The number of rotatable bonds is 4. The number of nitrogens with two attached hydrogens (primary N) is 1. The SMILES string of the molecule is CCC(CC)C1O[C@@H]2C(C)OC(n3ccc(N)nc3=O)[C@]2(C)O1. The van der Waals surface area contributed by atoms with E-state index in [1.54, 1.807) is 12.3 Å². The molecule has 3 rings (SSSR count). The van der Waals surface area contributed by atoms with Crippen LogP contribution < -0.4 is 11.4 Å². The first kappa shape index (κ1) is 16.4. The highest BCUT2D eigenvalue weighted by molar-refractivity contribution is 5.24. The number of nitrogens with zero attached hydrogens (tertiary/aromatic N) is 2. The molecule has 3 unspecified atom stereocenters. The van der Waals surface area contributed by atoms with Gasteiger partial charge in [-0.1, -0.05) is 13.8 Å². The Kier molecular flexibility index (Phi) is 4.20. The van der Waals surface area contributed by atoms with Gasteiger partial charge in [0, 0.05) is 12.1 Å². The molecule has 0 aliphatic carbocycles. The smallest absolute Gasteiger partial charge is 0.351 e. The lowest BCUT2D eigenvalue weighted by Gasteiger charge is -2.30. The Labute approximate surface area is 135 Å². The van der Waals surface area contributed by atoms with Gasteiger partial charge in [-0.2, -0.15) is 4.98 Å². The molecule has 2 saturated heterocycles. The van der Waals surface area contributed by atoms with E-state index in [0.29, 0.717) is 5.92 Å². The second-order valence-electron chi connectivity index (χ2n) is 6.54. The van der Waals surface area contributed by atoms with Gasteiger partial charge in [0.05, 0.1) is 6.10 Å². The van der Waals surface area contributed by atoms with Gasteiger partial charge in [0.15, 0.2) is 12.5 Å². The van der Waals surface area contributed by atoms with Crippen LogP contribution in [0.3, 0.4) is 0 Å². The molecule has 0 aromatic carbocycles. The van der Waals surface area contributed by atoms with Crippen molar-refractivity contribution in [3.05, 3.63) is 22.7 Å². The third-order valence-corrected chi connectivity index (χ3v) is 5.01. The lowest BCUT2D eigenvalue weighted by molar-refractivity contribution is -0.185. The lowest BCUT2D eigenvalue weighted by Crippen LogP contribution is -2.44. The zero-order valence-corrected chi connectivity index (χ0v) is 14.1. The van der Waals surface area contributed by atoms with Crippen LogP contribution in [0.2, 0.25) is 0 Å². The highest BCUT2D eigenvalue weighted by Gasteiger charge is 2.61. The molecule has 128 valence electrons. The van der Waals surface area contributed by atoms with Crippen molar-refractivity contribution in [3.63, 3.8) is 0 Å². The van der Waals surface area contributed by atoms with Crippen LogP contribution in [0.5, 0.6) is 0 Å². The fourth-order valence-corrected chi connectivity index (χ4v) is 3.64. The minimum absolute atomic E-state index is 0.172. The van der Waals surface area contributed by atoms with Crippen LogP contribution in [0.1, 0.15) is 46.8 Å². The van der Waals surface area contributed by atoms with Crippen LogP contribution in [0, 0.1) is 5.92 Å². The molecule has 0 bridgehead atoms. The lowest BCUT2D eigenvalue weighted by atomic mass is 9.97. The Balaban J connectivity index is 1.93. The number of hydrogen-bond donors (Lipinski definition) is 1. The maximum atomic E-state index is 12.2. The van der Waals surface area contributed by atoms with Crippen molar-refractivity contribution in [1.82, 2.24) is 9.55 Å². The summed E-state index contributed by atoms with van der Waals surface area (Å²) in [5, 5.41) is 0. The Hall–Kier alpha value is -1.44. The molecule has 0 saturated carbocycles. The second kappa shape index (κ2) is 5.89. The molecule has 0 radical (unpaired) electrons. The van der Waals surface area contributed by atoms with Gasteiger partial charge in [0.2, 0.25) is 0 Å². The number of anilines is 1. The molecule has 5 atom stereocenters. The average Bonchev–Trinajstić information content (AvgIpc) is 2.95. The summed E-state index contributed by atoms with van der Waals surface area (Å²) in [4.78, 5) is 16.0. The van der Waals surface area contributed by atoms with E-state index in [9.17, 15) is 4.79 Å². The minimum atomic E-state index is -0.728. The third-order valence-electron chi connectivity index (χ3n) is 5.01. The van der Waals surface area contributed by atoms with Gasteiger partial charge in [-0.15, -0.1) is 0 Å². The summed E-state index contributed by atoms with van der Waals surface area (Å²) in [7, 11) is 0. The maximum absolute atomic E-state index is 12.2. The molecule has 1 aromatic rings. The quantitative estimate of drug-likeness (QED) is 0.907. The van der Waals surface area contributed by atoms with Gasteiger partial charge >= 0.3 is 5.69 Å². The van der Waals surface area contributed by atoms with Crippen LogP contribution in [-0.2, 0) is 14.2 Å². The maximum Gasteiger partial charge on any atom is 0.351 e. The van der Waals surface area contributed by atoms with E-state index in [-0.39, 0.29) is 24.3 Å². The summed E-state index contributed by atoms with van der Waals surface area (Å²) in [6.45, 7) is 8.14. The molecule has 2 aliphatic rings. The molecular formula is C16H25N3O4. The van der Waals surface area contributed by atoms with E-state index in [4.69, 9.17) is 19.9 Å². The van der Waals surface area contributed by atoms with Gasteiger partial charge in [-0.05, 0) is 32.8 Å². The molecule has 23 heavy (non-hydrogen) atoms. The highest BCUT2D eigenvalue weighted by atomic mass is 16.8. The summed E-state index contributed by atoms with van der Waals surface area (Å²) in [6.07, 6.45) is 2.31. The fourth-order valence-electron chi connectivity index (χ4n) is 3.64. The van der Waals surface area contributed by atoms with Crippen LogP contribution in [0.4, 0.5) is 5.82 Å². The van der Waals surface area contributed by atoms with Crippen LogP contribution in [-0.4, -0.2) is 33.7 Å². The Morgan fingerprint density at radius 1 is 1.39 bits per heavy atom. The molecule has 7 nitrogen and oxygen atoms in total. The van der Waals surface area contributed by atoms with E-state index in [1.165, 1.54) is 4.57 Å². The monoisotopic (exact) mass is 323 g/mol. The van der Waals surface area contributed by atoms with Crippen LogP contribution in [0.25, 0.3) is 0 Å². The van der Waals surface area contributed by atoms with Crippen molar-refractivity contribution in [1.29, 1.82) is 0 Å². The molecular weight excluding hydrogens is 298 g/mol. The van der Waals surface area contributed by atoms with Gasteiger partial charge in [0.1, 0.15) is 17.5 Å². The summed E-state index contributed by atoms with van der Waals surface area (Å²) in [5.41, 5.74) is 4.40. The molecule has 2 fully saturated rings. The number of hydrogen-bond acceptors (Lipinski definition) is 6. The van der Waals surface area contributed by atoms with Crippen molar-refractivity contribution >= 4 is 5.82 Å². The minimum Gasteiger partial charge on any atom is -0.383 e. The first-order valence-electron chi connectivity index (χ1n) is 8.24. The molecule has 7 heteroatoms. The van der Waals surface area contributed by atoms with Crippen molar-refractivity contribution in [2.45, 2.75) is 70.9 Å². The standard InChI is InChI=1S/C16H25N3O4/c1-5-10(6-2)13-22-12-9(3)21-14(16(12,4)23-13)19-8-7-11(17)18-15(19)20/h7-10,12-14H,5-6H2,1-4H3,(H2,17,18,20)/t9?,12-,13?,14?,16-/m1/s1. The Bertz CT molecular complexity index is 630. The summed E-state index contributed by atoms with van der Waals surface area (Å²) in [6, 6.07) is 1.58. The number of nitrogen functional groups attached to an aromatic ring is 1. The summed E-state index contributed by atoms with van der Waals surface area (Å²) >= 11 is 0. The summed E-state index contributed by atoms with van der Waals surface area (Å²) in [5.74, 6) is 0.518. The predicted octanol–water partition coefficient (Wildman–Crippen LogP) is 1.68. The van der Waals surface area contributed by atoms with E-state index in [0.717, 1.165) is 12.8 Å². The van der Waals surface area contributed by atoms with E-state index < -0.39 is 17.5 Å². The van der Waals surface area contributed by atoms with E-state index in [1.807, 2.05) is 13.8 Å². The Morgan fingerprint density at radius 3 is 2.70 bits per heavy atom. The molecule has 2 aliphatic heterocycles. The zero-order valence-electron chi connectivity index (χ0n) is 14.1. The number of aromatic nitrogens is 2. The van der Waals surface area contributed by atoms with Crippen molar-refractivity contribution < 1.29 is 14.2 Å². The molecule has 1 aromatic heterocycles. The summed E-state index contributed by atoms with van der Waals surface area (Å²) < 4.78 is 19.8. The van der Waals surface area contributed by atoms with Crippen molar-refractivity contribution in [2.75, 3.05) is 5.73 Å². The predicted molar refractivity (Wildman–Crippen MR) is 84.7 cm³/mol. The first-order valence-corrected chi connectivity index (χ1v) is 8.24. The largest absolute Gasteiger partial charge is 0.383 e. The van der Waals surface area contributed by atoms with Gasteiger partial charge in [-0.25, -0.2) is 4.79 Å². The first-order chi connectivity index (χ1) is 10.9. The van der Waals surface area contributed by atoms with Gasteiger partial charge < -0.3 is 19.9 Å². The highest BCUT2D eigenvalue weighted by Crippen LogP contribution is 2.49. The topological polar surface area (TPSA) is 88.6 Å².